The quantitative estimate of drug-likeness (QED) is 0.463. The molecular weight excluding hydrogens is 379 g/mol. The van der Waals surface area contributed by atoms with Crippen molar-refractivity contribution in [3.05, 3.63) is 62.3 Å². The Balaban J connectivity index is 2.35. The van der Waals surface area contributed by atoms with Crippen LogP contribution in [0.25, 0.3) is 0 Å². The van der Waals surface area contributed by atoms with Gasteiger partial charge < -0.3 is 4.90 Å². The highest BCUT2D eigenvalue weighted by Gasteiger charge is 2.10. The Labute approximate surface area is 150 Å². The average Bonchev–Trinajstić information content (AvgIpc) is 2.51. The monoisotopic (exact) mass is 396 g/mol. The van der Waals surface area contributed by atoms with E-state index in [-0.39, 0.29) is 5.82 Å². The van der Waals surface area contributed by atoms with Gasteiger partial charge in [0.1, 0.15) is 5.82 Å². The minimum absolute atomic E-state index is 0.260. The van der Waals surface area contributed by atoms with E-state index < -0.39 is 0 Å². The molecule has 2 nitrogen and oxygen atoms in total. The summed E-state index contributed by atoms with van der Waals surface area (Å²) in [6.45, 7) is 4.95. The highest BCUT2D eigenvalue weighted by molar-refractivity contribution is 9.10. The smallest absolute Gasteiger partial charge is 0.124 e. The van der Waals surface area contributed by atoms with E-state index in [2.05, 4.69) is 27.8 Å². The van der Waals surface area contributed by atoms with Crippen LogP contribution in [0.2, 0.25) is 5.02 Å². The van der Waals surface area contributed by atoms with Crippen molar-refractivity contribution < 1.29 is 4.39 Å². The fraction of sp³-hybridized carbons (Fsp3) is 0.278. The number of benzene rings is 2. The Hall–Kier alpha value is -1.39. The molecule has 0 unspecified atom stereocenters. The molecule has 0 N–H and O–H groups in total. The lowest BCUT2D eigenvalue weighted by molar-refractivity contribution is 0.552. The molecule has 2 aromatic carbocycles. The molecule has 2 aromatic rings. The molecule has 0 saturated carbocycles. The Bertz CT molecular complexity index is 731. The summed E-state index contributed by atoms with van der Waals surface area (Å²) < 4.78 is 14.0. The Morgan fingerprint density at radius 1 is 1.26 bits per heavy atom. The molecule has 0 amide bonds. The largest absolute Gasteiger partial charge is 0.366 e. The second-order valence-corrected chi connectivity index (χ2v) is 6.72. The third-order valence-corrected chi connectivity index (χ3v) is 4.74. The van der Waals surface area contributed by atoms with Crippen molar-refractivity contribution in [2.75, 3.05) is 13.6 Å². The van der Waals surface area contributed by atoms with Crippen molar-refractivity contribution in [3.8, 4) is 0 Å². The minimum atomic E-state index is -0.260. The van der Waals surface area contributed by atoms with Crippen molar-refractivity contribution in [1.82, 2.24) is 4.90 Å². The number of hydrogen-bond acceptors (Lipinski definition) is 1. The van der Waals surface area contributed by atoms with Gasteiger partial charge in [0.15, 0.2) is 0 Å². The normalized spacial score (nSPS) is 11.2. The zero-order valence-corrected chi connectivity index (χ0v) is 15.7. The third-order valence-electron chi connectivity index (χ3n) is 3.56. The van der Waals surface area contributed by atoms with Gasteiger partial charge in [-0.3, -0.25) is 0 Å². The van der Waals surface area contributed by atoms with Gasteiger partial charge in [0.05, 0.1) is 17.0 Å². The Morgan fingerprint density at radius 3 is 2.65 bits per heavy atom. The first-order chi connectivity index (χ1) is 10.9. The molecule has 0 heterocycles. The van der Waals surface area contributed by atoms with E-state index in [0.717, 1.165) is 33.4 Å². The molecule has 0 fully saturated rings. The fourth-order valence-corrected chi connectivity index (χ4v) is 2.87. The van der Waals surface area contributed by atoms with Crippen LogP contribution in [0.15, 0.2) is 39.8 Å². The number of halogens is 3. The van der Waals surface area contributed by atoms with Gasteiger partial charge in [-0.05, 0) is 48.7 Å². The van der Waals surface area contributed by atoms with Crippen LogP contribution in [-0.4, -0.2) is 24.8 Å². The number of hydrogen-bond donors (Lipinski definition) is 0. The summed E-state index contributed by atoms with van der Waals surface area (Å²) in [5.74, 6) is -0.260. The molecule has 0 aliphatic heterocycles. The summed E-state index contributed by atoms with van der Waals surface area (Å²) in [5.41, 5.74) is 3.80. The highest BCUT2D eigenvalue weighted by Crippen LogP contribution is 2.33. The van der Waals surface area contributed by atoms with Gasteiger partial charge in [-0.1, -0.05) is 39.7 Å². The maximum atomic E-state index is 13.2. The summed E-state index contributed by atoms with van der Waals surface area (Å²) >= 11 is 9.93. The second kappa shape index (κ2) is 7.93. The van der Waals surface area contributed by atoms with Gasteiger partial charge in [-0.2, -0.15) is 0 Å². The van der Waals surface area contributed by atoms with E-state index in [1.165, 1.54) is 12.1 Å². The molecule has 122 valence electrons. The fourth-order valence-electron chi connectivity index (χ4n) is 2.16. The summed E-state index contributed by atoms with van der Waals surface area (Å²) in [6.07, 6.45) is 2.39. The van der Waals surface area contributed by atoms with Crippen molar-refractivity contribution in [2.24, 2.45) is 4.99 Å². The first kappa shape index (κ1) is 18.0. The first-order valence-corrected chi connectivity index (χ1v) is 8.55. The molecule has 0 atom stereocenters. The molecule has 23 heavy (non-hydrogen) atoms. The second-order valence-electron chi connectivity index (χ2n) is 5.49. The van der Waals surface area contributed by atoms with Gasteiger partial charge in [-0.25, -0.2) is 9.38 Å². The first-order valence-electron chi connectivity index (χ1n) is 7.38. The van der Waals surface area contributed by atoms with Crippen LogP contribution in [0.4, 0.5) is 10.1 Å². The maximum absolute atomic E-state index is 13.2. The molecule has 2 rings (SSSR count). The van der Waals surface area contributed by atoms with Crippen LogP contribution in [0.3, 0.4) is 0 Å². The van der Waals surface area contributed by atoms with Crippen LogP contribution in [-0.2, 0) is 6.42 Å². The van der Waals surface area contributed by atoms with Crippen molar-refractivity contribution in [2.45, 2.75) is 20.3 Å². The Morgan fingerprint density at radius 2 is 2.00 bits per heavy atom. The van der Waals surface area contributed by atoms with Crippen molar-refractivity contribution in [3.63, 3.8) is 0 Å². The molecule has 0 aliphatic carbocycles. The summed E-state index contributed by atoms with van der Waals surface area (Å²) in [4.78, 5) is 6.45. The zero-order chi connectivity index (χ0) is 17.0. The van der Waals surface area contributed by atoms with Gasteiger partial charge >= 0.3 is 0 Å². The SMILES string of the molecule is CCN(C)/C=N\c1cc(C)cc(Cc2ccc(F)cc2Br)c1Cl. The van der Waals surface area contributed by atoms with Crippen molar-refractivity contribution in [1.29, 1.82) is 0 Å². The van der Waals surface area contributed by atoms with E-state index in [1.807, 2.05) is 31.0 Å². The summed E-state index contributed by atoms with van der Waals surface area (Å²) in [7, 11) is 1.96. The van der Waals surface area contributed by atoms with Crippen LogP contribution in [0.5, 0.6) is 0 Å². The molecule has 5 heteroatoms. The van der Waals surface area contributed by atoms with Gasteiger partial charge in [0.2, 0.25) is 0 Å². The maximum Gasteiger partial charge on any atom is 0.124 e. The lowest BCUT2D eigenvalue weighted by Gasteiger charge is -2.12. The highest BCUT2D eigenvalue weighted by atomic mass is 79.9. The predicted octanol–water partition coefficient (Wildman–Crippen LogP) is 5.75. The van der Waals surface area contributed by atoms with E-state index >= 15 is 0 Å². The molecule has 0 radical (unpaired) electrons. The number of nitrogens with zero attached hydrogens (tertiary/aromatic N) is 2. The Kier molecular flexibility index (Phi) is 6.19. The van der Waals surface area contributed by atoms with Gasteiger partial charge in [0.25, 0.3) is 0 Å². The van der Waals surface area contributed by atoms with Crippen LogP contribution in [0, 0.1) is 12.7 Å². The minimum Gasteiger partial charge on any atom is -0.366 e. The molecule has 0 aromatic heterocycles. The van der Waals surface area contributed by atoms with E-state index in [4.69, 9.17) is 11.6 Å². The number of aryl methyl sites for hydroxylation is 1. The van der Waals surface area contributed by atoms with E-state index in [9.17, 15) is 4.39 Å². The predicted molar refractivity (Wildman–Crippen MR) is 99.6 cm³/mol. The van der Waals surface area contributed by atoms with Crippen LogP contribution < -0.4 is 0 Å². The average molecular weight is 398 g/mol. The summed E-state index contributed by atoms with van der Waals surface area (Å²) in [6, 6.07) is 8.70. The number of rotatable bonds is 5. The molecule has 0 bridgehead atoms. The molecule has 0 aliphatic rings. The van der Waals surface area contributed by atoms with E-state index in [0.29, 0.717) is 11.4 Å². The lowest BCUT2D eigenvalue weighted by atomic mass is 10.0. The molecular formula is C18H19BrClFN2. The van der Waals surface area contributed by atoms with Crippen LogP contribution in [0.1, 0.15) is 23.6 Å². The zero-order valence-electron chi connectivity index (χ0n) is 13.4. The van der Waals surface area contributed by atoms with Crippen molar-refractivity contribution >= 4 is 39.6 Å². The molecule has 0 spiro atoms. The van der Waals surface area contributed by atoms with Crippen LogP contribution >= 0.6 is 27.5 Å². The molecule has 0 saturated heterocycles. The third kappa shape index (κ3) is 4.79. The summed E-state index contributed by atoms with van der Waals surface area (Å²) in [5, 5.41) is 0.632. The van der Waals surface area contributed by atoms with Gasteiger partial charge in [0, 0.05) is 24.5 Å². The standard InChI is InChI=1S/C18H19BrClFN2/c1-4-23(3)11-22-17-8-12(2)7-14(18(17)20)9-13-5-6-15(21)10-16(13)19/h5-8,10-11H,4,9H2,1-3H3/b22-11-. The lowest BCUT2D eigenvalue weighted by Crippen LogP contribution is -2.14. The topological polar surface area (TPSA) is 15.6 Å². The van der Waals surface area contributed by atoms with Gasteiger partial charge in [-0.15, -0.1) is 0 Å². The number of aliphatic imine (C=N–C) groups is 1. The van der Waals surface area contributed by atoms with E-state index in [1.54, 1.807) is 12.4 Å².